The second kappa shape index (κ2) is 4.35. The number of fused-ring (bicyclic) bond motifs is 1. The third kappa shape index (κ3) is 2.15. The molecule has 0 aliphatic carbocycles. The molecular formula is C15H18BNO4. The predicted molar refractivity (Wildman–Crippen MR) is 81.0 cm³/mol. The van der Waals surface area contributed by atoms with E-state index in [2.05, 4.69) is 4.98 Å². The van der Waals surface area contributed by atoms with Crippen LogP contribution in [-0.4, -0.2) is 34.4 Å². The molecule has 0 unspecified atom stereocenters. The van der Waals surface area contributed by atoms with Gasteiger partial charge < -0.3 is 19.4 Å². The van der Waals surface area contributed by atoms with Crippen LogP contribution in [-0.2, 0) is 9.31 Å². The fraction of sp³-hybridized carbons (Fsp3) is 0.400. The third-order valence-electron chi connectivity index (χ3n) is 4.44. The van der Waals surface area contributed by atoms with E-state index < -0.39 is 24.3 Å². The third-order valence-corrected chi connectivity index (χ3v) is 4.44. The Morgan fingerprint density at radius 1 is 1.19 bits per heavy atom. The monoisotopic (exact) mass is 287 g/mol. The second-order valence-corrected chi connectivity index (χ2v) is 6.38. The minimum absolute atomic E-state index is 0.161. The van der Waals surface area contributed by atoms with Crippen molar-refractivity contribution in [3.05, 3.63) is 30.0 Å². The number of aromatic carboxylic acids is 1. The molecule has 0 saturated carbocycles. The first-order valence-corrected chi connectivity index (χ1v) is 6.92. The highest BCUT2D eigenvalue weighted by Crippen LogP contribution is 2.37. The molecule has 2 heterocycles. The van der Waals surface area contributed by atoms with Crippen molar-refractivity contribution in [2.24, 2.45) is 0 Å². The second-order valence-electron chi connectivity index (χ2n) is 6.38. The van der Waals surface area contributed by atoms with E-state index in [1.54, 1.807) is 6.07 Å². The van der Waals surface area contributed by atoms with Gasteiger partial charge in [0, 0.05) is 10.9 Å². The van der Waals surface area contributed by atoms with E-state index in [4.69, 9.17) is 14.4 Å². The Labute approximate surface area is 123 Å². The van der Waals surface area contributed by atoms with Gasteiger partial charge >= 0.3 is 13.1 Å². The van der Waals surface area contributed by atoms with Crippen LogP contribution in [0.2, 0.25) is 0 Å². The van der Waals surface area contributed by atoms with E-state index in [-0.39, 0.29) is 5.69 Å². The van der Waals surface area contributed by atoms with Gasteiger partial charge in [-0.2, -0.15) is 0 Å². The number of benzene rings is 1. The van der Waals surface area contributed by atoms with Crippen LogP contribution >= 0.6 is 0 Å². The van der Waals surface area contributed by atoms with Gasteiger partial charge in [0.05, 0.1) is 11.2 Å². The first kappa shape index (κ1) is 14.2. The molecule has 0 bridgehead atoms. The van der Waals surface area contributed by atoms with Gasteiger partial charge in [0.1, 0.15) is 5.69 Å². The van der Waals surface area contributed by atoms with Crippen LogP contribution in [0, 0.1) is 0 Å². The van der Waals surface area contributed by atoms with Crippen molar-refractivity contribution in [1.29, 1.82) is 0 Å². The summed E-state index contributed by atoms with van der Waals surface area (Å²) in [5.41, 5.74) is 0.917. The van der Waals surface area contributed by atoms with Gasteiger partial charge in [0.25, 0.3) is 0 Å². The molecule has 21 heavy (non-hydrogen) atoms. The highest BCUT2D eigenvalue weighted by molar-refractivity contribution is 6.65. The fourth-order valence-electron chi connectivity index (χ4n) is 2.47. The maximum absolute atomic E-state index is 11.1. The minimum Gasteiger partial charge on any atom is -0.477 e. The lowest BCUT2D eigenvalue weighted by molar-refractivity contribution is 0.00578. The number of rotatable bonds is 2. The van der Waals surface area contributed by atoms with Crippen molar-refractivity contribution in [2.45, 2.75) is 38.9 Å². The summed E-state index contributed by atoms with van der Waals surface area (Å²) in [5.74, 6) is -0.980. The van der Waals surface area contributed by atoms with E-state index >= 15 is 0 Å². The normalized spacial score (nSPS) is 20.1. The summed E-state index contributed by atoms with van der Waals surface area (Å²) in [4.78, 5) is 14.0. The molecule has 2 aromatic rings. The SMILES string of the molecule is CC1(C)OB(c2cccc3[nH]c(C(=O)O)cc23)OC1(C)C. The Hall–Kier alpha value is -1.79. The Kier molecular flexibility index (Phi) is 2.94. The van der Waals surface area contributed by atoms with Gasteiger partial charge in [-0.1, -0.05) is 12.1 Å². The van der Waals surface area contributed by atoms with Crippen LogP contribution in [0.3, 0.4) is 0 Å². The average Bonchev–Trinajstić information content (AvgIpc) is 2.88. The first-order chi connectivity index (χ1) is 9.71. The van der Waals surface area contributed by atoms with Crippen LogP contribution in [0.25, 0.3) is 10.9 Å². The van der Waals surface area contributed by atoms with Gasteiger partial charge in [-0.3, -0.25) is 0 Å². The number of hydrogen-bond donors (Lipinski definition) is 2. The minimum atomic E-state index is -0.980. The molecule has 0 spiro atoms. The lowest BCUT2D eigenvalue weighted by Gasteiger charge is -2.32. The van der Waals surface area contributed by atoms with E-state index in [0.29, 0.717) is 0 Å². The molecule has 1 saturated heterocycles. The molecule has 2 N–H and O–H groups in total. The van der Waals surface area contributed by atoms with Gasteiger partial charge in [-0.25, -0.2) is 4.79 Å². The molecular weight excluding hydrogens is 269 g/mol. The van der Waals surface area contributed by atoms with Crippen molar-refractivity contribution in [3.63, 3.8) is 0 Å². The maximum Gasteiger partial charge on any atom is 0.495 e. The standard InChI is InChI=1S/C15H18BNO4/c1-14(2)15(3,4)21-16(20-14)10-6-5-7-11-9(10)8-12(17-11)13(18)19/h5-8,17H,1-4H3,(H,18,19). The summed E-state index contributed by atoms with van der Waals surface area (Å²) in [6.07, 6.45) is 0. The molecule has 1 fully saturated rings. The van der Waals surface area contributed by atoms with Crippen molar-refractivity contribution in [2.75, 3.05) is 0 Å². The highest BCUT2D eigenvalue weighted by Gasteiger charge is 2.52. The quantitative estimate of drug-likeness (QED) is 0.830. The first-order valence-electron chi connectivity index (χ1n) is 6.92. The summed E-state index contributed by atoms with van der Waals surface area (Å²) in [5, 5.41) is 9.93. The molecule has 3 rings (SSSR count). The number of carbonyl (C=O) groups is 1. The Morgan fingerprint density at radius 2 is 1.81 bits per heavy atom. The Morgan fingerprint density at radius 3 is 2.38 bits per heavy atom. The molecule has 5 nitrogen and oxygen atoms in total. The van der Waals surface area contributed by atoms with Gasteiger partial charge in [0.15, 0.2) is 0 Å². The smallest absolute Gasteiger partial charge is 0.477 e. The molecule has 0 amide bonds. The van der Waals surface area contributed by atoms with E-state index in [1.165, 1.54) is 0 Å². The Bertz CT molecular complexity index is 704. The van der Waals surface area contributed by atoms with Crippen LogP contribution in [0.5, 0.6) is 0 Å². The number of hydrogen-bond acceptors (Lipinski definition) is 3. The summed E-state index contributed by atoms with van der Waals surface area (Å²) >= 11 is 0. The topological polar surface area (TPSA) is 71.6 Å². The zero-order valence-electron chi connectivity index (χ0n) is 12.6. The summed E-state index contributed by atoms with van der Waals surface area (Å²) < 4.78 is 12.1. The van der Waals surface area contributed by atoms with Crippen molar-refractivity contribution >= 4 is 29.5 Å². The van der Waals surface area contributed by atoms with E-state index in [0.717, 1.165) is 16.4 Å². The van der Waals surface area contributed by atoms with Crippen LogP contribution in [0.4, 0.5) is 0 Å². The molecule has 110 valence electrons. The van der Waals surface area contributed by atoms with Crippen LogP contribution in [0.1, 0.15) is 38.2 Å². The average molecular weight is 287 g/mol. The fourth-order valence-corrected chi connectivity index (χ4v) is 2.47. The zero-order valence-corrected chi connectivity index (χ0v) is 12.6. The summed E-state index contributed by atoms with van der Waals surface area (Å²) in [7, 11) is -0.504. The molecule has 0 atom stereocenters. The lowest BCUT2D eigenvalue weighted by atomic mass is 9.77. The number of aromatic nitrogens is 1. The molecule has 1 aromatic carbocycles. The number of nitrogens with one attached hydrogen (secondary N) is 1. The summed E-state index contributed by atoms with van der Waals surface area (Å²) in [6.45, 7) is 7.97. The van der Waals surface area contributed by atoms with Crippen molar-refractivity contribution < 1.29 is 19.2 Å². The lowest BCUT2D eigenvalue weighted by Crippen LogP contribution is -2.41. The molecule has 6 heteroatoms. The van der Waals surface area contributed by atoms with Gasteiger partial charge in [-0.05, 0) is 45.3 Å². The molecule has 0 radical (unpaired) electrons. The number of H-pyrrole nitrogens is 1. The molecule has 1 aromatic heterocycles. The predicted octanol–water partition coefficient (Wildman–Crippen LogP) is 2.17. The molecule has 1 aliphatic heterocycles. The maximum atomic E-state index is 11.1. The largest absolute Gasteiger partial charge is 0.495 e. The number of carboxylic acids is 1. The van der Waals surface area contributed by atoms with E-state index in [9.17, 15) is 4.79 Å². The van der Waals surface area contributed by atoms with E-state index in [1.807, 2.05) is 45.9 Å². The summed E-state index contributed by atoms with van der Waals surface area (Å²) in [6, 6.07) is 7.24. The van der Waals surface area contributed by atoms with Crippen molar-refractivity contribution in [1.82, 2.24) is 4.98 Å². The highest BCUT2D eigenvalue weighted by atomic mass is 16.7. The van der Waals surface area contributed by atoms with Gasteiger partial charge in [-0.15, -0.1) is 0 Å². The van der Waals surface area contributed by atoms with Gasteiger partial charge in [0.2, 0.25) is 0 Å². The number of aromatic amines is 1. The van der Waals surface area contributed by atoms with Crippen molar-refractivity contribution in [3.8, 4) is 0 Å². The Balaban J connectivity index is 2.08. The van der Waals surface area contributed by atoms with Crippen LogP contribution < -0.4 is 5.46 Å². The van der Waals surface area contributed by atoms with Crippen LogP contribution in [0.15, 0.2) is 24.3 Å². The zero-order chi connectivity index (χ0) is 15.4. The molecule has 1 aliphatic rings. The number of carboxylic acid groups (broad SMARTS) is 1.